The first-order valence-electron chi connectivity index (χ1n) is 9.71. The summed E-state index contributed by atoms with van der Waals surface area (Å²) in [5.74, 6) is 1.43. The van der Waals surface area contributed by atoms with Crippen LogP contribution >= 0.6 is 0 Å². The molecule has 0 bridgehead atoms. The van der Waals surface area contributed by atoms with Crippen LogP contribution in [0.15, 0.2) is 30.3 Å². The Morgan fingerprint density at radius 2 is 1.70 bits per heavy atom. The summed E-state index contributed by atoms with van der Waals surface area (Å²) in [4.78, 5) is 12.1. The van der Waals surface area contributed by atoms with Crippen molar-refractivity contribution in [3.05, 3.63) is 36.2 Å². The molecule has 1 aliphatic rings. The lowest BCUT2D eigenvalue weighted by molar-refractivity contribution is -0.147. The summed E-state index contributed by atoms with van der Waals surface area (Å²) in [5.41, 5.74) is 0.841. The minimum atomic E-state index is -0.136. The van der Waals surface area contributed by atoms with Crippen molar-refractivity contribution < 1.29 is 9.53 Å². The predicted octanol–water partition coefficient (Wildman–Crippen LogP) is 4.19. The molecule has 0 spiro atoms. The molecule has 144 valence electrons. The number of rotatable bonds is 5. The van der Waals surface area contributed by atoms with E-state index in [4.69, 9.17) is 4.74 Å². The van der Waals surface area contributed by atoms with E-state index in [-0.39, 0.29) is 23.2 Å². The molecule has 1 aromatic carbocycles. The molecular weight excluding hydrogens is 340 g/mol. The van der Waals surface area contributed by atoms with E-state index in [1.807, 2.05) is 51.1 Å². The smallest absolute Gasteiger partial charge is 0.306 e. The summed E-state index contributed by atoms with van der Waals surface area (Å²) >= 11 is 0. The highest BCUT2D eigenvalue weighted by molar-refractivity contribution is 5.70. The number of nitrogens with zero attached hydrogens (tertiary/aromatic N) is 4. The van der Waals surface area contributed by atoms with Crippen LogP contribution in [-0.4, -0.2) is 33.0 Å². The third kappa shape index (κ3) is 5.55. The van der Waals surface area contributed by atoms with Crippen LogP contribution < -0.4 is 0 Å². The maximum Gasteiger partial charge on any atom is 0.306 e. The van der Waals surface area contributed by atoms with Crippen molar-refractivity contribution >= 4 is 5.97 Å². The van der Waals surface area contributed by atoms with Crippen molar-refractivity contribution in [3.8, 4) is 11.4 Å². The minimum Gasteiger partial charge on any atom is -0.465 e. The number of esters is 1. The molecule has 1 heterocycles. The van der Waals surface area contributed by atoms with Crippen molar-refractivity contribution in [2.45, 2.75) is 58.8 Å². The van der Waals surface area contributed by atoms with Gasteiger partial charge in [-0.2, -0.15) is 0 Å². The lowest BCUT2D eigenvalue weighted by Gasteiger charge is -2.29. The molecule has 3 rings (SSSR count). The summed E-state index contributed by atoms with van der Waals surface area (Å²) in [6, 6.07) is 9.71. The molecule has 6 heteroatoms. The number of aromatic nitrogens is 4. The van der Waals surface area contributed by atoms with E-state index in [0.29, 0.717) is 24.7 Å². The Kier molecular flexibility index (Phi) is 6.14. The third-order valence-corrected chi connectivity index (χ3v) is 4.90. The fourth-order valence-corrected chi connectivity index (χ4v) is 3.52. The number of carbonyl (C=O) groups excluding carboxylic acids is 1. The van der Waals surface area contributed by atoms with Crippen LogP contribution in [0.3, 0.4) is 0 Å². The molecule has 2 aromatic rings. The molecule has 0 N–H and O–H groups in total. The fraction of sp³-hybridized carbons (Fsp3) is 0.571. The third-order valence-electron chi connectivity index (χ3n) is 4.90. The predicted molar refractivity (Wildman–Crippen MR) is 103 cm³/mol. The van der Waals surface area contributed by atoms with Gasteiger partial charge in [0.05, 0.1) is 13.0 Å². The SMILES string of the molecule is CC(C)(C)CC(=O)OCC1CCCCC1c1nnc(-c2ccccc2)nn1. The van der Waals surface area contributed by atoms with E-state index >= 15 is 0 Å². The van der Waals surface area contributed by atoms with Gasteiger partial charge < -0.3 is 4.74 Å². The zero-order valence-corrected chi connectivity index (χ0v) is 16.4. The van der Waals surface area contributed by atoms with Gasteiger partial charge in [-0.15, -0.1) is 20.4 Å². The van der Waals surface area contributed by atoms with E-state index in [2.05, 4.69) is 20.4 Å². The molecule has 0 saturated heterocycles. The summed E-state index contributed by atoms with van der Waals surface area (Å²) in [5, 5.41) is 17.2. The van der Waals surface area contributed by atoms with Gasteiger partial charge in [0, 0.05) is 17.4 Å². The van der Waals surface area contributed by atoms with Crippen LogP contribution in [0.5, 0.6) is 0 Å². The first-order valence-corrected chi connectivity index (χ1v) is 9.71. The molecule has 0 amide bonds. The average molecular weight is 368 g/mol. The monoisotopic (exact) mass is 368 g/mol. The highest BCUT2D eigenvalue weighted by atomic mass is 16.5. The Bertz CT molecular complexity index is 741. The average Bonchev–Trinajstić information content (AvgIpc) is 2.66. The maximum absolute atomic E-state index is 12.1. The van der Waals surface area contributed by atoms with Crippen molar-refractivity contribution in [2.75, 3.05) is 6.61 Å². The van der Waals surface area contributed by atoms with Gasteiger partial charge in [-0.3, -0.25) is 4.79 Å². The number of carbonyl (C=O) groups is 1. The summed E-state index contributed by atoms with van der Waals surface area (Å²) in [6.07, 6.45) is 4.68. The lowest BCUT2D eigenvalue weighted by Crippen LogP contribution is -2.27. The quantitative estimate of drug-likeness (QED) is 0.737. The van der Waals surface area contributed by atoms with Gasteiger partial charge in [0.15, 0.2) is 5.82 Å². The van der Waals surface area contributed by atoms with E-state index in [0.717, 1.165) is 31.2 Å². The van der Waals surface area contributed by atoms with Crippen LogP contribution in [0.4, 0.5) is 0 Å². The second kappa shape index (κ2) is 8.55. The van der Waals surface area contributed by atoms with E-state index < -0.39 is 0 Å². The largest absolute Gasteiger partial charge is 0.465 e. The zero-order valence-electron chi connectivity index (χ0n) is 16.4. The van der Waals surface area contributed by atoms with E-state index in [1.54, 1.807) is 0 Å². The Hall–Kier alpha value is -2.37. The van der Waals surface area contributed by atoms with Gasteiger partial charge >= 0.3 is 5.97 Å². The summed E-state index contributed by atoms with van der Waals surface area (Å²) in [6.45, 7) is 6.54. The zero-order chi connectivity index (χ0) is 19.3. The minimum absolute atomic E-state index is 0.0622. The Morgan fingerprint density at radius 1 is 1.04 bits per heavy atom. The number of benzene rings is 1. The highest BCUT2D eigenvalue weighted by Gasteiger charge is 2.31. The molecule has 2 unspecified atom stereocenters. The molecule has 27 heavy (non-hydrogen) atoms. The molecule has 1 aromatic heterocycles. The normalized spacial score (nSPS) is 20.3. The molecule has 2 atom stereocenters. The van der Waals surface area contributed by atoms with Crippen molar-refractivity contribution in [2.24, 2.45) is 11.3 Å². The second-order valence-corrected chi connectivity index (χ2v) is 8.52. The van der Waals surface area contributed by atoms with Gasteiger partial charge in [-0.25, -0.2) is 0 Å². The van der Waals surface area contributed by atoms with Crippen LogP contribution in [0.1, 0.15) is 64.6 Å². The first kappa shape index (κ1) is 19.4. The topological polar surface area (TPSA) is 77.9 Å². The van der Waals surface area contributed by atoms with Crippen molar-refractivity contribution in [1.29, 1.82) is 0 Å². The van der Waals surface area contributed by atoms with Gasteiger partial charge in [0.25, 0.3) is 0 Å². The van der Waals surface area contributed by atoms with Gasteiger partial charge in [0.1, 0.15) is 0 Å². The maximum atomic E-state index is 12.1. The number of ether oxygens (including phenoxy) is 1. The molecule has 0 radical (unpaired) electrons. The lowest BCUT2D eigenvalue weighted by atomic mass is 9.79. The van der Waals surface area contributed by atoms with Gasteiger partial charge in [-0.05, 0) is 18.3 Å². The second-order valence-electron chi connectivity index (χ2n) is 8.52. The molecule has 1 saturated carbocycles. The first-order chi connectivity index (χ1) is 12.9. The molecular formula is C21H28N4O2. The molecule has 0 aliphatic heterocycles. The fourth-order valence-electron chi connectivity index (χ4n) is 3.52. The van der Waals surface area contributed by atoms with Crippen LogP contribution in [0.2, 0.25) is 0 Å². The Morgan fingerprint density at radius 3 is 2.37 bits per heavy atom. The van der Waals surface area contributed by atoms with Crippen molar-refractivity contribution in [1.82, 2.24) is 20.4 Å². The molecule has 6 nitrogen and oxygen atoms in total. The van der Waals surface area contributed by atoms with E-state index in [1.165, 1.54) is 0 Å². The molecule has 1 aliphatic carbocycles. The van der Waals surface area contributed by atoms with Gasteiger partial charge in [-0.1, -0.05) is 63.9 Å². The highest BCUT2D eigenvalue weighted by Crippen LogP contribution is 2.36. The summed E-state index contributed by atoms with van der Waals surface area (Å²) in [7, 11) is 0. The van der Waals surface area contributed by atoms with Crippen molar-refractivity contribution in [3.63, 3.8) is 0 Å². The van der Waals surface area contributed by atoms with Gasteiger partial charge in [0.2, 0.25) is 5.82 Å². The van der Waals surface area contributed by atoms with Crippen LogP contribution in [-0.2, 0) is 9.53 Å². The van der Waals surface area contributed by atoms with Crippen LogP contribution in [0.25, 0.3) is 11.4 Å². The molecule has 1 fully saturated rings. The van der Waals surface area contributed by atoms with E-state index in [9.17, 15) is 4.79 Å². The standard InChI is InChI=1S/C21H28N4O2/c1-21(2,3)13-18(26)27-14-16-11-7-8-12-17(16)20-24-22-19(23-25-20)15-9-5-4-6-10-15/h4-6,9-10,16-17H,7-8,11-14H2,1-3H3. The Balaban J connectivity index is 1.65. The number of hydrogen-bond acceptors (Lipinski definition) is 6. The number of hydrogen-bond donors (Lipinski definition) is 0. The Labute approximate surface area is 160 Å². The van der Waals surface area contributed by atoms with Crippen LogP contribution in [0, 0.1) is 11.3 Å². The summed E-state index contributed by atoms with van der Waals surface area (Å²) < 4.78 is 5.57.